The predicted molar refractivity (Wildman–Crippen MR) is 498 cm³/mol. The molecule has 17 amide bonds. The second kappa shape index (κ2) is 50.8. The molecule has 0 aliphatic carbocycles. The van der Waals surface area contributed by atoms with Gasteiger partial charge >= 0.3 is 0 Å². The molecule has 6 heterocycles. The lowest BCUT2D eigenvalue weighted by Gasteiger charge is -2.36. The number of fused-ring (bicyclic) bond motifs is 4. The van der Waals surface area contributed by atoms with Gasteiger partial charge in [-0.25, -0.2) is 13.8 Å². The van der Waals surface area contributed by atoms with Crippen LogP contribution in [-0.2, 0) is 107 Å². The number of aromatic amines is 3. The molecule has 3 saturated heterocycles. The van der Waals surface area contributed by atoms with E-state index in [9.17, 15) is 62.1 Å². The molecule has 6 aromatic rings. The van der Waals surface area contributed by atoms with Crippen LogP contribution in [0.5, 0.6) is 0 Å². The Morgan fingerprint density at radius 1 is 0.562 bits per heavy atom. The third-order valence-corrected chi connectivity index (χ3v) is 25.3. The molecule has 0 bridgehead atoms. The van der Waals surface area contributed by atoms with E-state index < -0.39 is 259 Å². The number of rotatable bonds is 26. The van der Waals surface area contributed by atoms with Crippen molar-refractivity contribution in [2.45, 2.75) is 234 Å². The van der Waals surface area contributed by atoms with Gasteiger partial charge < -0.3 is 125 Å². The first-order chi connectivity index (χ1) is 65.2. The van der Waals surface area contributed by atoms with Crippen LogP contribution in [-0.4, -0.2) is 317 Å². The zero-order valence-electron chi connectivity index (χ0n) is 77.8. The first-order valence-corrected chi connectivity index (χ1v) is 46.8. The molecule has 3 aromatic heterocycles. The fourth-order valence-electron chi connectivity index (χ4n) is 16.9. The van der Waals surface area contributed by atoms with Crippen LogP contribution in [0, 0.1) is 23.0 Å². The van der Waals surface area contributed by atoms with Gasteiger partial charge in [0.05, 0.1) is 37.8 Å². The Kier molecular flexibility index (Phi) is 39.7. The Bertz CT molecular complexity index is 5310. The van der Waals surface area contributed by atoms with E-state index in [0.29, 0.717) is 82.1 Å². The number of nitrogens with zero attached hydrogens (tertiary/aromatic N) is 6. The topological polar surface area (TPSA) is 641 Å². The minimum Gasteiger partial charge on any atom is -0.394 e. The van der Waals surface area contributed by atoms with E-state index in [1.54, 1.807) is 74.8 Å². The van der Waals surface area contributed by atoms with Gasteiger partial charge in [-0.15, -0.1) is 11.8 Å². The fourth-order valence-corrected chi connectivity index (χ4v) is 17.7. The Morgan fingerprint density at radius 3 is 1.69 bits per heavy atom. The van der Waals surface area contributed by atoms with Crippen molar-refractivity contribution in [2.75, 3.05) is 65.4 Å². The van der Waals surface area contributed by atoms with Crippen molar-refractivity contribution in [3.05, 3.63) is 126 Å². The first-order valence-electron chi connectivity index (χ1n) is 45.6. The molecule has 46 heteroatoms. The summed E-state index contributed by atoms with van der Waals surface area (Å²) in [6.07, 6.45) is 2.82. The number of guanidine groups is 1. The number of likely N-dealkylation sites (N-methyl/N-ethyl adjacent to an activating group) is 3. The summed E-state index contributed by atoms with van der Waals surface area (Å²) in [7, 11) is 3.76. The van der Waals surface area contributed by atoms with Crippen LogP contribution in [0.2, 0.25) is 0 Å². The molecule has 3 fully saturated rings. The van der Waals surface area contributed by atoms with E-state index in [0.717, 1.165) is 43.7 Å². The molecule has 23 N–H and O–H groups in total. The van der Waals surface area contributed by atoms with Gasteiger partial charge in [-0.1, -0.05) is 89.8 Å². The number of imidazole rings is 1. The summed E-state index contributed by atoms with van der Waals surface area (Å²) in [6, 6.07) is -6.35. The largest absolute Gasteiger partial charge is 0.394 e. The molecule has 3 aliphatic heterocycles. The molecule has 0 saturated carbocycles. The zero-order valence-corrected chi connectivity index (χ0v) is 78.6. The summed E-state index contributed by atoms with van der Waals surface area (Å²) in [5, 5.41) is 60.4. The van der Waals surface area contributed by atoms with Crippen LogP contribution in [0.3, 0.4) is 0 Å². The highest BCUT2D eigenvalue weighted by Gasteiger charge is 2.47. The predicted octanol–water partition coefficient (Wildman–Crippen LogP) is -2.36. The lowest BCUT2D eigenvalue weighted by atomic mass is 10.00. The summed E-state index contributed by atoms with van der Waals surface area (Å²) < 4.78 is 29.9. The third kappa shape index (κ3) is 29.9. The first kappa shape index (κ1) is 107. The molecule has 9 rings (SSSR count). The number of benzene rings is 3. The number of aromatic nitrogens is 4. The highest BCUT2D eigenvalue weighted by molar-refractivity contribution is 8.00. The number of nitrogens with two attached hydrogens (primary N) is 3. The maximum absolute atomic E-state index is 15.8. The second-order valence-electron chi connectivity index (χ2n) is 35.1. The second-order valence-corrected chi connectivity index (χ2v) is 36.1. The van der Waals surface area contributed by atoms with E-state index >= 15 is 38.4 Å². The number of hydrogen-bond donors (Lipinski definition) is 20. The van der Waals surface area contributed by atoms with Crippen molar-refractivity contribution >= 4 is 140 Å². The van der Waals surface area contributed by atoms with Gasteiger partial charge in [-0.2, -0.15) is 0 Å². The number of carbonyl (C=O) groups is 17. The summed E-state index contributed by atoms with van der Waals surface area (Å²) in [6.45, 7) is 5.73. The standard InChI is InChI=1S/C91H126F2N24O19S/c1-9-11-24-70-83(129)105-61(23-17-27-99-91(96)97)79(125)112-69(78(124)102-42-75(95)121)45-137-46-76(122)104-65(32-50-30-53(92)35-54(93)31-50)86(132)113(6)49(5)77(123)108-67(38-74(94)120)88(134)116-28-18-26-71(116)84(130)107-63(36-55-41-98-47-103-55)81(127)109-64(29-48(3)4)89(135)117-43-56(119)37-73(117)85(131)106-62(33-51-39-100-59-21-15-13-19-57(51)59)80(126)111-68(44-118)82(128)110-66(34-52-40-101-60-22-16-14-20-58(52)60)87(133)115(8)72(25-12-10-2)90(136)114(70)7/h13-16,19-22,30-31,35,39-41,47-49,56,61-73,100-101,118-119H,9-12,17-18,23-29,32-34,36-38,42-46H2,1-8H3,(H2,94,120)(H2,95,121)(H,98,103)(H,102,124)(H,104,122)(H,105,129)(H,106,131)(H,107,130)(H,108,123)(H,109,127)(H,110,128)(H,111,126)(H,112,125)(H4,96,97,99)/t49-,56+,61-,62-,63-,64-,65-,66-,67-,68-,69-,70-,71-,72-,73-/m0/s1. The number of hydrogen-bond acceptors (Lipinski definition) is 22. The molecular weight excluding hydrogens is 1800 g/mol. The van der Waals surface area contributed by atoms with Crippen LogP contribution in [0.25, 0.3) is 21.8 Å². The molecule has 137 heavy (non-hydrogen) atoms. The molecule has 3 aliphatic rings. The molecule has 3 aromatic carbocycles. The van der Waals surface area contributed by atoms with Crippen LogP contribution in [0.4, 0.5) is 8.78 Å². The van der Waals surface area contributed by atoms with Crippen LogP contribution in [0.15, 0.2) is 91.6 Å². The van der Waals surface area contributed by atoms with Crippen molar-refractivity contribution in [1.29, 1.82) is 5.41 Å². The van der Waals surface area contributed by atoms with Gasteiger partial charge in [-0.05, 0) is 98.7 Å². The smallest absolute Gasteiger partial charge is 0.246 e. The fraction of sp³-hybridized carbons (Fsp3) is 0.527. The van der Waals surface area contributed by atoms with Gasteiger partial charge in [0.1, 0.15) is 96.2 Å². The van der Waals surface area contributed by atoms with Gasteiger partial charge in [-0.3, -0.25) is 86.9 Å². The Labute approximate surface area is 793 Å². The number of amides is 17. The highest BCUT2D eigenvalue weighted by atomic mass is 32.2. The van der Waals surface area contributed by atoms with E-state index in [1.165, 1.54) is 33.5 Å². The minimum atomic E-state index is -1.91. The van der Waals surface area contributed by atoms with Gasteiger partial charge in [0.2, 0.25) is 100 Å². The Hall–Kier alpha value is -13.7. The number of thioether (sulfide) groups is 1. The maximum Gasteiger partial charge on any atom is 0.246 e. The summed E-state index contributed by atoms with van der Waals surface area (Å²) >= 11 is 0.676. The average molecular weight is 1930 g/mol. The van der Waals surface area contributed by atoms with Crippen molar-refractivity contribution in [1.82, 2.24) is 103 Å². The molecule has 0 radical (unpaired) electrons. The number of carbonyl (C=O) groups excluding carboxylic acids is 17. The van der Waals surface area contributed by atoms with Crippen molar-refractivity contribution < 1.29 is 101 Å². The molecule has 744 valence electrons. The number of aliphatic hydroxyl groups is 2. The van der Waals surface area contributed by atoms with E-state index in [2.05, 4.69) is 78.4 Å². The van der Waals surface area contributed by atoms with Crippen LogP contribution < -0.4 is 75.7 Å². The quantitative estimate of drug-likeness (QED) is 0.0153. The van der Waals surface area contributed by atoms with Crippen molar-refractivity contribution in [3.63, 3.8) is 0 Å². The molecule has 0 spiro atoms. The van der Waals surface area contributed by atoms with E-state index in [4.69, 9.17) is 22.6 Å². The normalized spacial score (nSPS) is 24.6. The third-order valence-electron chi connectivity index (χ3n) is 24.3. The average Bonchev–Trinajstić information content (AvgIpc) is 1.64. The molecular formula is C91H126F2N24O19S. The number of primary amides is 2. The monoisotopic (exact) mass is 1930 g/mol. The van der Waals surface area contributed by atoms with E-state index in [1.807, 2.05) is 13.8 Å². The molecule has 0 unspecified atom stereocenters. The number of halogens is 2. The maximum atomic E-state index is 15.8. The summed E-state index contributed by atoms with van der Waals surface area (Å²) in [5.41, 5.74) is 19.1. The van der Waals surface area contributed by atoms with Crippen LogP contribution in [0.1, 0.15) is 140 Å². The van der Waals surface area contributed by atoms with Crippen LogP contribution >= 0.6 is 11.8 Å². The molecule has 15 atom stereocenters. The summed E-state index contributed by atoms with van der Waals surface area (Å²) in [5.74, 6) is -21.1. The lowest BCUT2D eigenvalue weighted by Crippen LogP contribution is -2.62. The Balaban J connectivity index is 1.11. The van der Waals surface area contributed by atoms with Crippen molar-refractivity contribution in [3.8, 4) is 0 Å². The van der Waals surface area contributed by atoms with Crippen molar-refractivity contribution in [2.24, 2.45) is 23.1 Å². The molecule has 43 nitrogen and oxygen atoms in total. The highest BCUT2D eigenvalue weighted by Crippen LogP contribution is 2.28. The summed E-state index contributed by atoms with van der Waals surface area (Å²) in [4.78, 5) is 269. The number of H-pyrrole nitrogens is 3. The zero-order chi connectivity index (χ0) is 100. The number of para-hydroxylation sites is 2. The van der Waals surface area contributed by atoms with Gasteiger partial charge in [0, 0.05) is 131 Å². The number of unbranched alkanes of at least 4 members (excludes halogenated alkanes) is 2. The number of nitrogens with one attached hydrogen (secondary N) is 15. The van der Waals surface area contributed by atoms with Gasteiger partial charge in [0.15, 0.2) is 5.96 Å². The lowest BCUT2D eigenvalue weighted by molar-refractivity contribution is -0.149. The SMILES string of the molecule is CCCC[C@H]1C(=O)N(C)[C@@H](CCCC)C(=O)N[C@@H](CCCNC(=N)N)C(=O)N[C@H](C(=O)NCC(N)=O)CSCC(=O)N[C@@H](Cc2cc(F)cc(F)c2)C(=O)N(C)[C@@H](C)C(=O)N[C@@H](CC(N)=O)C(=O)N2CCC[C@H]2C(=O)N[C@@H](Cc2cnc[nH]2)C(=O)N[C@@H](CC(C)C)C(=O)N2C[C@H](O)C[C@H]2C(=O)N[C@@H](Cc2c[nH]c3ccccc23)C(=O)N[C@@H](CO)C(=O)N[C@@H](Cc2c[nH]c3ccccc23)C(=O)N1C. The van der Waals surface area contributed by atoms with Gasteiger partial charge in [0.25, 0.3) is 0 Å². The van der Waals surface area contributed by atoms with E-state index in [-0.39, 0.29) is 88.8 Å². The number of aliphatic hydroxyl groups excluding tert-OH is 2. The Morgan fingerprint density at radius 2 is 1.09 bits per heavy atom. The minimum absolute atomic E-state index is 0.00297.